The zero-order chi connectivity index (χ0) is 20.3. The van der Waals surface area contributed by atoms with Crippen molar-refractivity contribution in [3.05, 3.63) is 83.8 Å². The first-order valence-electron chi connectivity index (χ1n) is 9.64. The molecule has 29 heavy (non-hydrogen) atoms. The number of hydrogen-bond acceptors (Lipinski definition) is 4. The fraction of sp³-hybridized carbons (Fsp3) is 0.167. The molecule has 0 unspecified atom stereocenters. The molecule has 4 nitrogen and oxygen atoms in total. The highest BCUT2D eigenvalue weighted by molar-refractivity contribution is 7.14. The minimum Gasteiger partial charge on any atom is -0.494 e. The van der Waals surface area contributed by atoms with Crippen LogP contribution in [0.3, 0.4) is 0 Å². The van der Waals surface area contributed by atoms with E-state index in [1.165, 1.54) is 17.4 Å². The molecule has 0 radical (unpaired) electrons. The topological polar surface area (TPSA) is 51.2 Å². The Morgan fingerprint density at radius 1 is 1.10 bits per heavy atom. The first-order valence-corrected chi connectivity index (χ1v) is 10.5. The van der Waals surface area contributed by atoms with Gasteiger partial charge in [0.25, 0.3) is 0 Å². The van der Waals surface area contributed by atoms with Crippen LogP contribution in [0.4, 0.5) is 5.13 Å². The van der Waals surface area contributed by atoms with Gasteiger partial charge in [-0.1, -0.05) is 61.9 Å². The Bertz CT molecular complexity index is 960. The molecule has 1 aromatic heterocycles. The second-order valence-electron chi connectivity index (χ2n) is 6.38. The number of nitrogens with one attached hydrogen (secondary N) is 1. The molecule has 0 saturated heterocycles. The van der Waals surface area contributed by atoms with Crippen molar-refractivity contribution in [3.8, 4) is 17.0 Å². The lowest BCUT2D eigenvalue weighted by Gasteiger charge is -2.05. The molecule has 0 bridgehead atoms. The molecule has 0 fully saturated rings. The predicted octanol–water partition coefficient (Wildman–Crippen LogP) is 6.20. The maximum atomic E-state index is 12.1. The maximum Gasteiger partial charge on any atom is 0.250 e. The van der Waals surface area contributed by atoms with E-state index < -0.39 is 0 Å². The van der Waals surface area contributed by atoms with Gasteiger partial charge in [0, 0.05) is 17.0 Å². The molecule has 0 atom stereocenters. The summed E-state index contributed by atoms with van der Waals surface area (Å²) in [7, 11) is 0. The minimum absolute atomic E-state index is 0.205. The van der Waals surface area contributed by atoms with Gasteiger partial charge in [-0.05, 0) is 36.2 Å². The molecular weight excluding hydrogens is 380 g/mol. The number of anilines is 1. The van der Waals surface area contributed by atoms with Crippen LogP contribution >= 0.6 is 11.3 Å². The monoisotopic (exact) mass is 404 g/mol. The quantitative estimate of drug-likeness (QED) is 0.262. The molecule has 2 aromatic carbocycles. The highest BCUT2D eigenvalue weighted by atomic mass is 32.1. The maximum absolute atomic E-state index is 12.1. The Labute approximate surface area is 175 Å². The zero-order valence-corrected chi connectivity index (χ0v) is 17.2. The van der Waals surface area contributed by atoms with Crippen molar-refractivity contribution in [2.75, 3.05) is 11.9 Å². The number of nitrogens with zero attached hydrogens (tertiary/aromatic N) is 1. The number of carbonyl (C=O) groups is 1. The number of hydrogen-bond donors (Lipinski definition) is 1. The second-order valence-corrected chi connectivity index (χ2v) is 7.24. The van der Waals surface area contributed by atoms with E-state index in [-0.39, 0.29) is 5.91 Å². The second kappa shape index (κ2) is 11.0. The molecule has 0 aliphatic heterocycles. The number of ether oxygens (including phenoxy) is 1. The lowest BCUT2D eigenvalue weighted by atomic mass is 10.2. The fourth-order valence-corrected chi connectivity index (χ4v) is 3.26. The van der Waals surface area contributed by atoms with Crippen LogP contribution in [0, 0.1) is 0 Å². The zero-order valence-electron chi connectivity index (χ0n) is 16.4. The standard InChI is InChI=1S/C24H24N2O2S/c1-2-3-17-28-21-15-13-20(14-16-21)22-18-29-24(25-22)26-23(27)12-8-7-11-19-9-5-4-6-10-19/h4-16,18H,2-3,17H2,1H3,(H,25,26,27). The summed E-state index contributed by atoms with van der Waals surface area (Å²) in [6.07, 6.45) is 9.15. The number of thiazole rings is 1. The normalized spacial score (nSPS) is 11.2. The van der Waals surface area contributed by atoms with Crippen LogP contribution in [0.15, 0.2) is 78.2 Å². The Morgan fingerprint density at radius 2 is 1.90 bits per heavy atom. The summed E-state index contributed by atoms with van der Waals surface area (Å²) in [6.45, 7) is 2.87. The molecule has 0 aliphatic carbocycles. The summed E-state index contributed by atoms with van der Waals surface area (Å²) >= 11 is 1.40. The molecule has 3 aromatic rings. The Hall–Kier alpha value is -3.18. The summed E-state index contributed by atoms with van der Waals surface area (Å²) in [6, 6.07) is 17.8. The largest absolute Gasteiger partial charge is 0.494 e. The highest BCUT2D eigenvalue weighted by Gasteiger charge is 2.06. The molecule has 1 N–H and O–H groups in total. The third-order valence-electron chi connectivity index (χ3n) is 4.10. The average molecular weight is 405 g/mol. The van der Waals surface area contributed by atoms with Crippen LogP contribution in [-0.4, -0.2) is 17.5 Å². The highest BCUT2D eigenvalue weighted by Crippen LogP contribution is 2.26. The summed E-state index contributed by atoms with van der Waals surface area (Å²) in [5.41, 5.74) is 2.91. The number of amides is 1. The van der Waals surface area contributed by atoms with Crippen molar-refractivity contribution in [2.24, 2.45) is 0 Å². The van der Waals surface area contributed by atoms with Gasteiger partial charge < -0.3 is 4.74 Å². The van der Waals surface area contributed by atoms with Gasteiger partial charge in [-0.3, -0.25) is 10.1 Å². The van der Waals surface area contributed by atoms with Gasteiger partial charge in [-0.15, -0.1) is 11.3 Å². The predicted molar refractivity (Wildman–Crippen MR) is 121 cm³/mol. The van der Waals surface area contributed by atoms with Gasteiger partial charge >= 0.3 is 0 Å². The third-order valence-corrected chi connectivity index (χ3v) is 4.86. The van der Waals surface area contributed by atoms with Crippen molar-refractivity contribution < 1.29 is 9.53 Å². The summed E-state index contributed by atoms with van der Waals surface area (Å²) < 4.78 is 5.68. The lowest BCUT2D eigenvalue weighted by molar-refractivity contribution is -0.111. The summed E-state index contributed by atoms with van der Waals surface area (Å²) in [4.78, 5) is 16.6. The van der Waals surface area contributed by atoms with E-state index in [0.717, 1.165) is 42.0 Å². The van der Waals surface area contributed by atoms with E-state index in [4.69, 9.17) is 4.74 Å². The van der Waals surface area contributed by atoms with Crippen LogP contribution in [0.1, 0.15) is 25.3 Å². The summed E-state index contributed by atoms with van der Waals surface area (Å²) in [5, 5.41) is 5.31. The molecule has 148 valence electrons. The Kier molecular flexibility index (Phi) is 7.78. The van der Waals surface area contributed by atoms with Gasteiger partial charge in [0.05, 0.1) is 12.3 Å². The molecule has 1 amide bonds. The number of unbranched alkanes of at least 4 members (excludes halogenated alkanes) is 1. The van der Waals surface area contributed by atoms with Gasteiger partial charge in [0.15, 0.2) is 5.13 Å². The van der Waals surface area contributed by atoms with Crippen molar-refractivity contribution in [1.82, 2.24) is 4.98 Å². The number of carbonyl (C=O) groups excluding carboxylic acids is 1. The Balaban J connectivity index is 1.52. The van der Waals surface area contributed by atoms with Crippen molar-refractivity contribution >= 4 is 28.5 Å². The van der Waals surface area contributed by atoms with Crippen molar-refractivity contribution in [3.63, 3.8) is 0 Å². The fourth-order valence-electron chi connectivity index (χ4n) is 2.54. The van der Waals surface area contributed by atoms with Crippen LogP contribution in [0.2, 0.25) is 0 Å². The van der Waals surface area contributed by atoms with E-state index in [9.17, 15) is 4.79 Å². The number of allylic oxidation sites excluding steroid dienone is 2. The van der Waals surface area contributed by atoms with Crippen LogP contribution < -0.4 is 10.1 Å². The molecular formula is C24H24N2O2S. The molecule has 0 spiro atoms. The smallest absolute Gasteiger partial charge is 0.250 e. The molecule has 0 saturated carbocycles. The Morgan fingerprint density at radius 3 is 2.66 bits per heavy atom. The van der Waals surface area contributed by atoms with Crippen LogP contribution in [-0.2, 0) is 4.79 Å². The van der Waals surface area contributed by atoms with Gasteiger partial charge in [-0.25, -0.2) is 4.98 Å². The van der Waals surface area contributed by atoms with E-state index in [2.05, 4.69) is 17.2 Å². The molecule has 3 rings (SSSR count). The van der Waals surface area contributed by atoms with E-state index in [1.807, 2.05) is 72.1 Å². The lowest BCUT2D eigenvalue weighted by Crippen LogP contribution is -2.07. The van der Waals surface area contributed by atoms with E-state index >= 15 is 0 Å². The molecule has 0 aliphatic rings. The van der Waals surface area contributed by atoms with Crippen LogP contribution in [0.5, 0.6) is 5.75 Å². The average Bonchev–Trinajstić information content (AvgIpc) is 3.21. The van der Waals surface area contributed by atoms with Gasteiger partial charge in [-0.2, -0.15) is 0 Å². The first kappa shape index (κ1) is 20.6. The first-order chi connectivity index (χ1) is 14.2. The SMILES string of the molecule is CCCCOc1ccc(-c2csc(NC(=O)C=CC=Cc3ccccc3)n2)cc1. The van der Waals surface area contributed by atoms with Gasteiger partial charge in [0.1, 0.15) is 5.75 Å². The summed E-state index contributed by atoms with van der Waals surface area (Å²) in [5.74, 6) is 0.655. The van der Waals surface area contributed by atoms with Crippen LogP contribution in [0.25, 0.3) is 17.3 Å². The van der Waals surface area contributed by atoms with Gasteiger partial charge in [0.2, 0.25) is 5.91 Å². The molecule has 1 heterocycles. The van der Waals surface area contributed by atoms with Crippen molar-refractivity contribution in [1.29, 1.82) is 0 Å². The van der Waals surface area contributed by atoms with E-state index in [1.54, 1.807) is 6.08 Å². The number of rotatable bonds is 9. The van der Waals surface area contributed by atoms with Crippen molar-refractivity contribution in [2.45, 2.75) is 19.8 Å². The minimum atomic E-state index is -0.205. The third kappa shape index (κ3) is 6.73. The number of benzene rings is 2. The number of aromatic nitrogens is 1. The van der Waals surface area contributed by atoms with E-state index in [0.29, 0.717) is 5.13 Å². The molecule has 5 heteroatoms.